The molecule has 0 aliphatic rings. The largest absolute Gasteiger partial charge is 0.464 e. The van der Waals surface area contributed by atoms with Crippen LogP contribution in [0.2, 0.25) is 0 Å². The van der Waals surface area contributed by atoms with Crippen LogP contribution in [0.4, 0.5) is 0 Å². The van der Waals surface area contributed by atoms with Gasteiger partial charge >= 0.3 is 5.97 Å². The third kappa shape index (κ3) is 5.78. The van der Waals surface area contributed by atoms with Crippen molar-refractivity contribution in [2.45, 2.75) is 30.8 Å². The third-order valence-corrected chi connectivity index (χ3v) is 7.33. The molecule has 168 valence electrons. The number of carbonyl (C=O) groups excluding carboxylic acids is 1. The zero-order valence-corrected chi connectivity index (χ0v) is 20.2. The molecule has 3 rings (SSSR count). The smallest absolute Gasteiger partial charge is 0.339 e. The monoisotopic (exact) mass is 468 g/mol. The Balaban J connectivity index is 1.98. The van der Waals surface area contributed by atoms with E-state index in [4.69, 9.17) is 9.47 Å². The number of carbonyl (C=O) groups is 1. The summed E-state index contributed by atoms with van der Waals surface area (Å²) in [5, 5.41) is 2.36. The molecule has 4 nitrogen and oxygen atoms in total. The van der Waals surface area contributed by atoms with E-state index in [0.29, 0.717) is 18.8 Å². The molecule has 2 unspecified atom stereocenters. The second-order valence-electron chi connectivity index (χ2n) is 7.51. The molecule has 0 N–H and O–H groups in total. The fourth-order valence-corrected chi connectivity index (χ4v) is 5.91. The molecule has 0 aliphatic heterocycles. The van der Waals surface area contributed by atoms with Crippen LogP contribution < -0.4 is 0 Å². The molecule has 3 aromatic carbocycles. The average Bonchev–Trinajstić information content (AvgIpc) is 2.82. The van der Waals surface area contributed by atoms with Crippen LogP contribution in [0.3, 0.4) is 0 Å². The molecule has 0 amide bonds. The highest BCUT2D eigenvalue weighted by Crippen LogP contribution is 2.37. The maximum absolute atomic E-state index is 13.2. The predicted molar refractivity (Wildman–Crippen MR) is 132 cm³/mol. The molecule has 0 saturated carbocycles. The summed E-state index contributed by atoms with van der Waals surface area (Å²) < 4.78 is 23.3. The van der Waals surface area contributed by atoms with E-state index in [1.165, 1.54) is 10.8 Å². The second-order valence-corrected chi connectivity index (χ2v) is 9.14. The van der Waals surface area contributed by atoms with E-state index >= 15 is 0 Å². The number of benzene rings is 3. The normalized spacial score (nSPS) is 14.2. The van der Waals surface area contributed by atoms with E-state index in [1.54, 1.807) is 18.7 Å². The van der Waals surface area contributed by atoms with Crippen molar-refractivity contribution in [3.8, 4) is 0 Å². The number of esters is 1. The Morgan fingerprint density at radius 1 is 0.969 bits per heavy atom. The Morgan fingerprint density at radius 3 is 2.41 bits per heavy atom. The van der Waals surface area contributed by atoms with Gasteiger partial charge in [0.15, 0.2) is 14.1 Å². The van der Waals surface area contributed by atoms with Gasteiger partial charge in [-0.1, -0.05) is 66.7 Å². The Bertz CT molecular complexity index is 1020. The molecule has 6 heteroatoms. The van der Waals surface area contributed by atoms with Gasteiger partial charge < -0.3 is 9.47 Å². The minimum atomic E-state index is -1.28. The van der Waals surface area contributed by atoms with Crippen molar-refractivity contribution in [2.75, 3.05) is 25.1 Å². The first-order chi connectivity index (χ1) is 15.6. The first-order valence-corrected chi connectivity index (χ1v) is 12.9. The first-order valence-electron chi connectivity index (χ1n) is 10.9. The summed E-state index contributed by atoms with van der Waals surface area (Å²) in [7, 11) is -0.140. The predicted octanol–water partition coefficient (Wildman–Crippen LogP) is 6.42. The van der Waals surface area contributed by atoms with Gasteiger partial charge in [0.1, 0.15) is 0 Å². The highest BCUT2D eigenvalue weighted by Gasteiger charge is 2.48. The van der Waals surface area contributed by atoms with Crippen molar-refractivity contribution >= 4 is 37.0 Å². The zero-order valence-electron chi connectivity index (χ0n) is 18.5. The fraction of sp³-hybridized carbons (Fsp3) is 0.346. The van der Waals surface area contributed by atoms with Crippen LogP contribution in [0, 0.1) is 5.92 Å². The Morgan fingerprint density at radius 2 is 1.69 bits per heavy atom. The minimum absolute atomic E-state index is 0.0628. The molecule has 2 atom stereocenters. The van der Waals surface area contributed by atoms with Crippen LogP contribution in [0.25, 0.3) is 10.8 Å². The number of thioether (sulfide) groups is 1. The SMILES string of the molecule is CCOC(=O)C(CP=O)(OCC)C(CSc1cccc2ccccc12)Cc1ccccc1. The topological polar surface area (TPSA) is 52.6 Å². The Labute approximate surface area is 195 Å². The molecule has 0 fully saturated rings. The maximum atomic E-state index is 13.2. The molecule has 32 heavy (non-hydrogen) atoms. The van der Waals surface area contributed by atoms with Gasteiger partial charge in [0.05, 0.1) is 12.8 Å². The van der Waals surface area contributed by atoms with E-state index < -0.39 is 11.6 Å². The number of hydrogen-bond donors (Lipinski definition) is 0. The van der Waals surface area contributed by atoms with Crippen LogP contribution in [-0.4, -0.2) is 36.7 Å². The van der Waals surface area contributed by atoms with Crippen LogP contribution in [0.1, 0.15) is 19.4 Å². The summed E-state index contributed by atoms with van der Waals surface area (Å²) in [5.41, 5.74) is -0.173. The van der Waals surface area contributed by atoms with E-state index in [9.17, 15) is 9.36 Å². The maximum Gasteiger partial charge on any atom is 0.339 e. The lowest BCUT2D eigenvalue weighted by atomic mass is 9.84. The van der Waals surface area contributed by atoms with Gasteiger partial charge in [-0.3, -0.25) is 4.57 Å². The third-order valence-electron chi connectivity index (χ3n) is 5.50. The summed E-state index contributed by atoms with van der Waals surface area (Å²) in [5.74, 6) is -0.0454. The van der Waals surface area contributed by atoms with Gasteiger partial charge in [0.25, 0.3) is 0 Å². The van der Waals surface area contributed by atoms with Crippen molar-refractivity contribution in [3.05, 3.63) is 78.4 Å². The van der Waals surface area contributed by atoms with Crippen LogP contribution in [-0.2, 0) is 25.3 Å². The lowest BCUT2D eigenvalue weighted by Gasteiger charge is -2.37. The van der Waals surface area contributed by atoms with E-state index in [0.717, 1.165) is 10.5 Å². The highest BCUT2D eigenvalue weighted by molar-refractivity contribution is 7.99. The fourth-order valence-electron chi connectivity index (χ4n) is 3.96. The van der Waals surface area contributed by atoms with Crippen LogP contribution in [0.15, 0.2) is 77.7 Å². The number of hydrogen-bond acceptors (Lipinski definition) is 5. The molecule has 0 spiro atoms. The van der Waals surface area contributed by atoms with E-state index in [-0.39, 0.29) is 27.1 Å². The quantitative estimate of drug-likeness (QED) is 0.174. The van der Waals surface area contributed by atoms with Gasteiger partial charge in [-0.25, -0.2) is 4.79 Å². The highest BCUT2D eigenvalue weighted by atomic mass is 32.2. The van der Waals surface area contributed by atoms with E-state index in [2.05, 4.69) is 24.3 Å². The molecule has 0 radical (unpaired) electrons. The molecule has 0 aromatic heterocycles. The lowest BCUT2D eigenvalue weighted by molar-refractivity contribution is -0.175. The molecular formula is C26H29O4PS. The van der Waals surface area contributed by atoms with Gasteiger partial charge in [0.2, 0.25) is 0 Å². The minimum Gasteiger partial charge on any atom is -0.464 e. The summed E-state index contributed by atoms with van der Waals surface area (Å²) in [6, 6.07) is 24.6. The second kappa shape index (κ2) is 12.2. The van der Waals surface area contributed by atoms with Gasteiger partial charge in [-0.2, -0.15) is 0 Å². The number of ether oxygens (including phenoxy) is 2. The van der Waals surface area contributed by atoms with E-state index in [1.807, 2.05) is 55.5 Å². The summed E-state index contributed by atoms with van der Waals surface area (Å²) in [6.45, 7) is 4.21. The van der Waals surface area contributed by atoms with Crippen molar-refractivity contribution in [1.82, 2.24) is 0 Å². The van der Waals surface area contributed by atoms with Gasteiger partial charge in [-0.05, 0) is 42.7 Å². The standard InChI is InChI=1S/C26H29O4PS/c1-3-29-25(27)26(19-31-28,30-4-2)22(17-20-11-6-5-7-12-20)18-32-24-16-10-14-21-13-8-9-15-23(21)24/h5-16,22H,3-4,17-19H2,1-2H3. The number of fused-ring (bicyclic) bond motifs is 1. The first kappa shape index (κ1) is 24.4. The average molecular weight is 469 g/mol. The summed E-state index contributed by atoms with van der Waals surface area (Å²) in [4.78, 5) is 14.3. The van der Waals surface area contributed by atoms with Crippen LogP contribution >= 0.6 is 20.2 Å². The molecule has 0 heterocycles. The van der Waals surface area contributed by atoms with Gasteiger partial charge in [-0.15, -0.1) is 11.8 Å². The van der Waals surface area contributed by atoms with Crippen molar-refractivity contribution < 1.29 is 18.8 Å². The van der Waals surface area contributed by atoms with Crippen molar-refractivity contribution in [1.29, 1.82) is 0 Å². The molecule has 0 saturated heterocycles. The molecule has 0 bridgehead atoms. The van der Waals surface area contributed by atoms with Gasteiger partial charge in [0, 0.05) is 23.2 Å². The van der Waals surface area contributed by atoms with Crippen molar-refractivity contribution in [3.63, 3.8) is 0 Å². The lowest BCUT2D eigenvalue weighted by Crippen LogP contribution is -2.53. The summed E-state index contributed by atoms with van der Waals surface area (Å²) in [6.07, 6.45) is 0.681. The van der Waals surface area contributed by atoms with Crippen LogP contribution in [0.5, 0.6) is 0 Å². The zero-order chi connectivity index (χ0) is 22.8. The Hall–Kier alpha value is -2.20. The molecule has 0 aliphatic carbocycles. The Kier molecular flexibility index (Phi) is 9.28. The molecule has 3 aromatic rings. The molecular weight excluding hydrogens is 439 g/mol. The van der Waals surface area contributed by atoms with Crippen molar-refractivity contribution in [2.24, 2.45) is 5.92 Å². The number of rotatable bonds is 12. The summed E-state index contributed by atoms with van der Waals surface area (Å²) >= 11 is 1.70.